The van der Waals surface area contributed by atoms with Crippen LogP contribution < -0.4 is 5.73 Å². The Balaban J connectivity index is 4.09. The summed E-state index contributed by atoms with van der Waals surface area (Å²) in [5.41, 5.74) is 5.09. The van der Waals surface area contributed by atoms with E-state index in [2.05, 4.69) is 5.92 Å². The first-order chi connectivity index (χ1) is 4.63. The molecule has 0 aliphatic rings. The van der Waals surface area contributed by atoms with Gasteiger partial charge in [0, 0.05) is 5.92 Å². The number of terminal acetylenes is 1. The molecule has 0 aliphatic heterocycles. The molecule has 1 amide bonds. The van der Waals surface area contributed by atoms with Gasteiger partial charge in [-0.25, -0.2) is 0 Å². The van der Waals surface area contributed by atoms with E-state index in [1.54, 1.807) is 0 Å². The number of carbonyl (C=O) groups excluding carboxylic acids is 1. The first-order valence-electron chi connectivity index (χ1n) is 3.38. The van der Waals surface area contributed by atoms with E-state index in [4.69, 9.17) is 12.2 Å². The average molecular weight is 139 g/mol. The Hall–Kier alpha value is -0.970. The standard InChI is InChI=1S/C8H13NO/c1-4-6(3)7(5-2)8(9)10/h1,6-7H,5H2,2-3H3,(H2,9,10). The van der Waals surface area contributed by atoms with Crippen molar-refractivity contribution in [1.29, 1.82) is 0 Å². The van der Waals surface area contributed by atoms with Gasteiger partial charge in [0.2, 0.25) is 5.91 Å². The van der Waals surface area contributed by atoms with Gasteiger partial charge in [0.1, 0.15) is 0 Å². The Morgan fingerprint density at radius 2 is 2.30 bits per heavy atom. The quantitative estimate of drug-likeness (QED) is 0.576. The summed E-state index contributed by atoms with van der Waals surface area (Å²) < 4.78 is 0. The molecule has 0 aliphatic carbocycles. The van der Waals surface area contributed by atoms with Crippen LogP contribution in [0.25, 0.3) is 0 Å². The summed E-state index contributed by atoms with van der Waals surface area (Å²) in [6.07, 6.45) is 5.85. The van der Waals surface area contributed by atoms with Gasteiger partial charge >= 0.3 is 0 Å². The molecule has 0 spiro atoms. The van der Waals surface area contributed by atoms with Crippen molar-refractivity contribution in [1.82, 2.24) is 0 Å². The van der Waals surface area contributed by atoms with E-state index in [9.17, 15) is 4.79 Å². The fourth-order valence-electron chi connectivity index (χ4n) is 0.917. The van der Waals surface area contributed by atoms with Gasteiger partial charge in [-0.3, -0.25) is 4.79 Å². The maximum atomic E-state index is 10.7. The summed E-state index contributed by atoms with van der Waals surface area (Å²) in [6, 6.07) is 0. The lowest BCUT2D eigenvalue weighted by Crippen LogP contribution is -2.27. The van der Waals surface area contributed by atoms with E-state index in [1.807, 2.05) is 13.8 Å². The average Bonchev–Trinajstić information content (AvgIpc) is 1.88. The number of hydrogen-bond donors (Lipinski definition) is 1. The van der Waals surface area contributed by atoms with Gasteiger partial charge in [0.05, 0.1) is 5.92 Å². The second-order valence-electron chi connectivity index (χ2n) is 2.37. The maximum absolute atomic E-state index is 10.7. The Labute approximate surface area is 61.8 Å². The summed E-state index contributed by atoms with van der Waals surface area (Å²) in [7, 11) is 0. The van der Waals surface area contributed by atoms with Crippen molar-refractivity contribution in [2.45, 2.75) is 20.3 Å². The van der Waals surface area contributed by atoms with E-state index in [-0.39, 0.29) is 17.7 Å². The van der Waals surface area contributed by atoms with E-state index in [0.29, 0.717) is 0 Å². The molecular formula is C8H13NO. The Bertz CT molecular complexity index is 157. The van der Waals surface area contributed by atoms with Crippen molar-refractivity contribution < 1.29 is 4.79 Å². The van der Waals surface area contributed by atoms with E-state index in [1.165, 1.54) is 0 Å². The van der Waals surface area contributed by atoms with Gasteiger partial charge in [-0.15, -0.1) is 12.3 Å². The van der Waals surface area contributed by atoms with Gasteiger partial charge in [-0.05, 0) is 6.42 Å². The van der Waals surface area contributed by atoms with E-state index in [0.717, 1.165) is 6.42 Å². The summed E-state index contributed by atoms with van der Waals surface area (Å²) in [4.78, 5) is 10.7. The minimum atomic E-state index is -0.298. The highest BCUT2D eigenvalue weighted by Crippen LogP contribution is 2.13. The molecule has 0 aromatic heterocycles. The lowest BCUT2D eigenvalue weighted by atomic mass is 9.92. The predicted octanol–water partition coefficient (Wildman–Crippen LogP) is 0.767. The molecule has 56 valence electrons. The molecule has 0 fully saturated rings. The summed E-state index contributed by atoms with van der Waals surface area (Å²) >= 11 is 0. The molecule has 0 radical (unpaired) electrons. The number of amides is 1. The molecule has 2 N–H and O–H groups in total. The number of nitrogens with two attached hydrogens (primary N) is 1. The first kappa shape index (κ1) is 9.03. The van der Waals surface area contributed by atoms with Crippen LogP contribution in [0, 0.1) is 24.2 Å². The van der Waals surface area contributed by atoms with Crippen LogP contribution in [0.2, 0.25) is 0 Å². The molecule has 2 heteroatoms. The van der Waals surface area contributed by atoms with Crippen LogP contribution in [-0.4, -0.2) is 5.91 Å². The van der Waals surface area contributed by atoms with Crippen LogP contribution in [-0.2, 0) is 4.79 Å². The monoisotopic (exact) mass is 139 g/mol. The van der Waals surface area contributed by atoms with Gasteiger partial charge in [0.25, 0.3) is 0 Å². The molecule has 10 heavy (non-hydrogen) atoms. The van der Waals surface area contributed by atoms with Crippen molar-refractivity contribution >= 4 is 5.91 Å². The predicted molar refractivity (Wildman–Crippen MR) is 41.0 cm³/mol. The van der Waals surface area contributed by atoms with E-state index < -0.39 is 0 Å². The maximum Gasteiger partial charge on any atom is 0.221 e. The second-order valence-corrected chi connectivity index (χ2v) is 2.37. The van der Waals surface area contributed by atoms with Crippen molar-refractivity contribution in [3.63, 3.8) is 0 Å². The zero-order valence-corrected chi connectivity index (χ0v) is 6.42. The molecule has 0 aromatic carbocycles. The molecule has 2 nitrogen and oxygen atoms in total. The van der Waals surface area contributed by atoms with E-state index >= 15 is 0 Å². The zero-order valence-electron chi connectivity index (χ0n) is 6.42. The van der Waals surface area contributed by atoms with Crippen molar-refractivity contribution in [2.24, 2.45) is 17.6 Å². The lowest BCUT2D eigenvalue weighted by molar-refractivity contribution is -0.122. The SMILES string of the molecule is C#CC(C)C(CC)C(N)=O. The number of hydrogen-bond acceptors (Lipinski definition) is 1. The minimum absolute atomic E-state index is 0.0394. The summed E-state index contributed by atoms with van der Waals surface area (Å²) in [5.74, 6) is 2.00. The topological polar surface area (TPSA) is 43.1 Å². The zero-order chi connectivity index (χ0) is 8.15. The van der Waals surface area contributed by atoms with Crippen LogP contribution in [0.4, 0.5) is 0 Å². The van der Waals surface area contributed by atoms with Gasteiger partial charge in [0.15, 0.2) is 0 Å². The highest BCUT2D eigenvalue weighted by atomic mass is 16.1. The van der Waals surface area contributed by atoms with Gasteiger partial charge in [-0.1, -0.05) is 13.8 Å². The first-order valence-corrected chi connectivity index (χ1v) is 3.38. The van der Waals surface area contributed by atoms with Gasteiger partial charge in [-0.2, -0.15) is 0 Å². The number of carbonyl (C=O) groups is 1. The molecule has 0 aromatic rings. The second kappa shape index (κ2) is 3.94. The summed E-state index contributed by atoms with van der Waals surface area (Å²) in [5, 5.41) is 0. The fourth-order valence-corrected chi connectivity index (χ4v) is 0.917. The minimum Gasteiger partial charge on any atom is -0.369 e. The summed E-state index contributed by atoms with van der Waals surface area (Å²) in [6.45, 7) is 3.74. The lowest BCUT2D eigenvalue weighted by Gasteiger charge is -2.12. The van der Waals surface area contributed by atoms with Crippen molar-refractivity contribution in [3.8, 4) is 12.3 Å². The third-order valence-electron chi connectivity index (χ3n) is 1.67. The fraction of sp³-hybridized carbons (Fsp3) is 0.625. The molecule has 0 saturated heterocycles. The van der Waals surface area contributed by atoms with Crippen molar-refractivity contribution in [3.05, 3.63) is 0 Å². The molecular weight excluding hydrogens is 126 g/mol. The van der Waals surface area contributed by atoms with Crippen LogP contribution in [0.15, 0.2) is 0 Å². The van der Waals surface area contributed by atoms with Crippen LogP contribution in [0.5, 0.6) is 0 Å². The Kier molecular flexibility index (Phi) is 3.56. The van der Waals surface area contributed by atoms with Crippen LogP contribution in [0.3, 0.4) is 0 Å². The van der Waals surface area contributed by atoms with Crippen molar-refractivity contribution in [2.75, 3.05) is 0 Å². The highest BCUT2D eigenvalue weighted by molar-refractivity contribution is 5.77. The molecule has 2 unspecified atom stereocenters. The molecule has 2 atom stereocenters. The molecule has 0 saturated carbocycles. The Morgan fingerprint density at radius 1 is 1.80 bits per heavy atom. The number of primary amides is 1. The van der Waals surface area contributed by atoms with Gasteiger partial charge < -0.3 is 5.73 Å². The third-order valence-corrected chi connectivity index (χ3v) is 1.67. The van der Waals surface area contributed by atoms with Crippen LogP contribution >= 0.6 is 0 Å². The van der Waals surface area contributed by atoms with Crippen LogP contribution in [0.1, 0.15) is 20.3 Å². The largest absolute Gasteiger partial charge is 0.369 e. The molecule has 0 heterocycles. The third kappa shape index (κ3) is 2.10. The molecule has 0 rings (SSSR count). The Morgan fingerprint density at radius 3 is 2.40 bits per heavy atom. The molecule has 0 bridgehead atoms. The number of rotatable bonds is 3. The highest BCUT2D eigenvalue weighted by Gasteiger charge is 2.18. The smallest absolute Gasteiger partial charge is 0.221 e. The normalized spacial score (nSPS) is 15.3.